The van der Waals surface area contributed by atoms with E-state index in [1.54, 1.807) is 6.07 Å². The summed E-state index contributed by atoms with van der Waals surface area (Å²) in [6.07, 6.45) is -0.734. The van der Waals surface area contributed by atoms with Crippen LogP contribution in [0.4, 0.5) is 0 Å². The Morgan fingerprint density at radius 1 is 1.42 bits per heavy atom. The van der Waals surface area contributed by atoms with Crippen LogP contribution in [0.5, 0.6) is 5.75 Å². The molecule has 0 spiro atoms. The summed E-state index contributed by atoms with van der Waals surface area (Å²) in [5.41, 5.74) is 1.11. The molecular formula is C13H12ClNO3S. The first-order chi connectivity index (χ1) is 9.08. The second-order valence-corrected chi connectivity index (χ2v) is 5.14. The maximum Gasteiger partial charge on any atom is 0.251 e. The van der Waals surface area contributed by atoms with Crippen LogP contribution in [0.2, 0.25) is 5.02 Å². The minimum absolute atomic E-state index is 0.0727. The molecule has 0 aliphatic rings. The summed E-state index contributed by atoms with van der Waals surface area (Å²) in [6, 6.07) is 6.00. The number of nitrogens with one attached hydrogen (secondary N) is 1. The number of aliphatic hydroxyl groups is 1. The molecule has 1 atom stereocenters. The summed E-state index contributed by atoms with van der Waals surface area (Å²) >= 11 is 7.21. The minimum atomic E-state index is -0.734. The SMILES string of the molecule is O=C(NCC(O)c1ccsc1)c1ccc(O)c(Cl)c1. The summed E-state index contributed by atoms with van der Waals surface area (Å²) in [5, 5.41) is 25.5. The molecule has 0 aliphatic heterocycles. The summed E-state index contributed by atoms with van der Waals surface area (Å²) in [4.78, 5) is 11.8. The highest BCUT2D eigenvalue weighted by Gasteiger charge is 2.12. The average Bonchev–Trinajstić information content (AvgIpc) is 2.92. The molecule has 6 heteroatoms. The number of hydrogen-bond acceptors (Lipinski definition) is 4. The van der Waals surface area contributed by atoms with Gasteiger partial charge in [0.05, 0.1) is 11.1 Å². The highest BCUT2D eigenvalue weighted by molar-refractivity contribution is 7.07. The van der Waals surface area contributed by atoms with Gasteiger partial charge >= 0.3 is 0 Å². The number of amides is 1. The summed E-state index contributed by atoms with van der Waals surface area (Å²) in [6.45, 7) is 0.119. The van der Waals surface area contributed by atoms with Crippen LogP contribution in [0.1, 0.15) is 22.0 Å². The predicted molar refractivity (Wildman–Crippen MR) is 74.7 cm³/mol. The minimum Gasteiger partial charge on any atom is -0.506 e. The quantitative estimate of drug-likeness (QED) is 0.812. The Morgan fingerprint density at radius 3 is 2.84 bits per heavy atom. The van der Waals surface area contributed by atoms with Crippen LogP contribution in [-0.2, 0) is 0 Å². The third-order valence-corrected chi connectivity index (χ3v) is 3.60. The molecule has 1 amide bonds. The summed E-state index contributed by atoms with van der Waals surface area (Å²) in [7, 11) is 0. The van der Waals surface area contributed by atoms with E-state index in [1.165, 1.54) is 29.5 Å². The standard InChI is InChI=1S/C13H12ClNO3S/c14-10-5-8(1-2-11(10)16)13(18)15-6-12(17)9-3-4-19-7-9/h1-5,7,12,16-17H,6H2,(H,15,18). The number of phenolic OH excluding ortho intramolecular Hbond substituents is 1. The van der Waals surface area contributed by atoms with E-state index in [0.29, 0.717) is 5.56 Å². The lowest BCUT2D eigenvalue weighted by Crippen LogP contribution is -2.28. The number of thiophene rings is 1. The van der Waals surface area contributed by atoms with Crippen molar-refractivity contribution in [2.24, 2.45) is 0 Å². The van der Waals surface area contributed by atoms with Crippen molar-refractivity contribution in [2.75, 3.05) is 6.54 Å². The first kappa shape index (κ1) is 13.9. The highest BCUT2D eigenvalue weighted by atomic mass is 35.5. The molecule has 0 saturated carbocycles. The molecule has 2 rings (SSSR count). The topological polar surface area (TPSA) is 69.6 Å². The van der Waals surface area contributed by atoms with Gasteiger partial charge in [0, 0.05) is 12.1 Å². The smallest absolute Gasteiger partial charge is 0.251 e. The Kier molecular flexibility index (Phi) is 4.42. The monoisotopic (exact) mass is 297 g/mol. The zero-order valence-corrected chi connectivity index (χ0v) is 11.4. The first-order valence-corrected chi connectivity index (χ1v) is 6.87. The molecule has 0 saturated heterocycles. The van der Waals surface area contributed by atoms with Gasteiger partial charge in [-0.05, 0) is 40.6 Å². The predicted octanol–water partition coefficient (Wildman–Crippen LogP) is 2.57. The van der Waals surface area contributed by atoms with Crippen LogP contribution in [0.25, 0.3) is 0 Å². The number of carbonyl (C=O) groups excluding carboxylic acids is 1. The van der Waals surface area contributed by atoms with E-state index in [0.717, 1.165) is 5.56 Å². The van der Waals surface area contributed by atoms with Gasteiger partial charge in [0.2, 0.25) is 0 Å². The van der Waals surface area contributed by atoms with Crippen LogP contribution in [-0.4, -0.2) is 22.7 Å². The third-order valence-electron chi connectivity index (χ3n) is 2.59. The average molecular weight is 298 g/mol. The highest BCUT2D eigenvalue weighted by Crippen LogP contribution is 2.23. The number of halogens is 1. The van der Waals surface area contributed by atoms with Crippen molar-refractivity contribution in [3.63, 3.8) is 0 Å². The van der Waals surface area contributed by atoms with Crippen LogP contribution in [0.15, 0.2) is 35.0 Å². The van der Waals surface area contributed by atoms with Gasteiger partial charge in [0.15, 0.2) is 0 Å². The second-order valence-electron chi connectivity index (χ2n) is 3.95. The zero-order chi connectivity index (χ0) is 13.8. The normalized spacial score (nSPS) is 12.1. The zero-order valence-electron chi connectivity index (χ0n) is 9.84. The molecular weight excluding hydrogens is 286 g/mol. The molecule has 1 unspecified atom stereocenters. The number of phenols is 1. The number of rotatable bonds is 4. The second kappa shape index (κ2) is 6.06. The maximum atomic E-state index is 11.8. The van der Waals surface area contributed by atoms with Gasteiger partial charge in [0.1, 0.15) is 5.75 Å². The van der Waals surface area contributed by atoms with Crippen LogP contribution >= 0.6 is 22.9 Å². The molecule has 1 aromatic heterocycles. The van der Waals surface area contributed by atoms with Crippen molar-refractivity contribution >= 4 is 28.8 Å². The van der Waals surface area contributed by atoms with Gasteiger partial charge in [-0.3, -0.25) is 4.79 Å². The Hall–Kier alpha value is -1.56. The van der Waals surface area contributed by atoms with E-state index in [2.05, 4.69) is 5.32 Å². The Labute approximate surface area is 119 Å². The molecule has 1 heterocycles. The van der Waals surface area contributed by atoms with Crippen LogP contribution < -0.4 is 5.32 Å². The Morgan fingerprint density at radius 2 is 2.21 bits per heavy atom. The van der Waals surface area contributed by atoms with E-state index in [9.17, 15) is 15.0 Å². The van der Waals surface area contributed by atoms with Gasteiger partial charge in [0.25, 0.3) is 5.91 Å². The Bertz CT molecular complexity index is 571. The molecule has 1 aromatic carbocycles. The van der Waals surface area contributed by atoms with E-state index in [4.69, 9.17) is 11.6 Å². The van der Waals surface area contributed by atoms with E-state index in [1.807, 2.05) is 10.8 Å². The molecule has 0 radical (unpaired) electrons. The van der Waals surface area contributed by atoms with Crippen molar-refractivity contribution in [2.45, 2.75) is 6.10 Å². The molecule has 0 bridgehead atoms. The van der Waals surface area contributed by atoms with Gasteiger partial charge in [-0.15, -0.1) is 0 Å². The fourth-order valence-corrected chi connectivity index (χ4v) is 2.41. The summed E-state index contributed by atoms with van der Waals surface area (Å²) < 4.78 is 0. The fraction of sp³-hybridized carbons (Fsp3) is 0.154. The van der Waals surface area contributed by atoms with Crippen molar-refractivity contribution < 1.29 is 15.0 Å². The Balaban J connectivity index is 1.96. The molecule has 0 fully saturated rings. The van der Waals surface area contributed by atoms with Crippen LogP contribution in [0.3, 0.4) is 0 Å². The molecule has 4 nitrogen and oxygen atoms in total. The summed E-state index contributed by atoms with van der Waals surface area (Å²) in [5.74, 6) is -0.423. The molecule has 19 heavy (non-hydrogen) atoms. The number of hydrogen-bond donors (Lipinski definition) is 3. The van der Waals surface area contributed by atoms with Gasteiger partial charge in [-0.1, -0.05) is 11.6 Å². The largest absolute Gasteiger partial charge is 0.506 e. The van der Waals surface area contributed by atoms with Crippen LogP contribution in [0, 0.1) is 0 Å². The lowest BCUT2D eigenvalue weighted by Gasteiger charge is -2.10. The van der Waals surface area contributed by atoms with Crippen molar-refractivity contribution in [3.05, 3.63) is 51.2 Å². The molecule has 2 aromatic rings. The lowest BCUT2D eigenvalue weighted by atomic mass is 10.1. The number of aromatic hydroxyl groups is 1. The van der Waals surface area contributed by atoms with Crippen molar-refractivity contribution in [1.82, 2.24) is 5.32 Å². The van der Waals surface area contributed by atoms with Gasteiger partial charge in [-0.25, -0.2) is 0 Å². The molecule has 3 N–H and O–H groups in total. The lowest BCUT2D eigenvalue weighted by molar-refractivity contribution is 0.0916. The number of aliphatic hydroxyl groups excluding tert-OH is 1. The van der Waals surface area contributed by atoms with E-state index < -0.39 is 6.10 Å². The van der Waals surface area contributed by atoms with Crippen molar-refractivity contribution in [1.29, 1.82) is 0 Å². The molecule has 0 aliphatic carbocycles. The first-order valence-electron chi connectivity index (χ1n) is 5.55. The van der Waals surface area contributed by atoms with Gasteiger partial charge in [-0.2, -0.15) is 11.3 Å². The van der Waals surface area contributed by atoms with E-state index in [-0.39, 0.29) is 23.2 Å². The molecule has 100 valence electrons. The third kappa shape index (κ3) is 3.47. The van der Waals surface area contributed by atoms with Gasteiger partial charge < -0.3 is 15.5 Å². The number of benzene rings is 1. The van der Waals surface area contributed by atoms with Crippen molar-refractivity contribution in [3.8, 4) is 5.75 Å². The fourth-order valence-electron chi connectivity index (χ4n) is 1.52. The maximum absolute atomic E-state index is 11.8. The van der Waals surface area contributed by atoms with E-state index >= 15 is 0 Å². The number of carbonyl (C=O) groups is 1.